The molecule has 3 unspecified atom stereocenters. The van der Waals surface area contributed by atoms with E-state index in [1.54, 1.807) is 0 Å². The zero-order chi connectivity index (χ0) is 10.7. The maximum atomic E-state index is 6.23. The van der Waals surface area contributed by atoms with E-state index in [4.69, 9.17) is 10.5 Å². The predicted molar refractivity (Wildman–Crippen MR) is 59.6 cm³/mol. The van der Waals surface area contributed by atoms with Gasteiger partial charge in [-0.05, 0) is 18.6 Å². The molecule has 2 N–H and O–H groups in total. The van der Waals surface area contributed by atoms with Crippen LogP contribution in [0.3, 0.4) is 0 Å². The number of nitrogens with two attached hydrogens (primary N) is 1. The lowest BCUT2D eigenvalue weighted by Gasteiger charge is -2.24. The maximum Gasteiger partial charge on any atom is 0.0510 e. The van der Waals surface area contributed by atoms with E-state index in [1.807, 2.05) is 24.4 Å². The Bertz CT molecular complexity index is 296. The first-order valence-electron chi connectivity index (χ1n) is 5.53. The first kappa shape index (κ1) is 10.6. The number of nitrogens with zero attached hydrogens (tertiary/aromatic N) is 1. The summed E-state index contributed by atoms with van der Waals surface area (Å²) in [4.78, 5) is 4.35. The van der Waals surface area contributed by atoms with E-state index in [1.165, 1.54) is 0 Å². The summed E-state index contributed by atoms with van der Waals surface area (Å²) < 4.78 is 5.36. The monoisotopic (exact) mass is 206 g/mol. The fourth-order valence-corrected chi connectivity index (χ4v) is 2.11. The van der Waals surface area contributed by atoms with Gasteiger partial charge >= 0.3 is 0 Å². The van der Waals surface area contributed by atoms with Gasteiger partial charge < -0.3 is 10.5 Å². The van der Waals surface area contributed by atoms with Gasteiger partial charge in [-0.25, -0.2) is 0 Å². The molecule has 3 nitrogen and oxygen atoms in total. The molecule has 0 spiro atoms. The molecule has 0 aromatic carbocycles. The molecule has 0 aliphatic carbocycles. The van der Waals surface area contributed by atoms with Crippen LogP contribution in [0.15, 0.2) is 24.4 Å². The lowest BCUT2D eigenvalue weighted by Crippen LogP contribution is -2.35. The van der Waals surface area contributed by atoms with Gasteiger partial charge in [-0.15, -0.1) is 0 Å². The summed E-state index contributed by atoms with van der Waals surface area (Å²) in [7, 11) is 0. The smallest absolute Gasteiger partial charge is 0.0510 e. The van der Waals surface area contributed by atoms with Gasteiger partial charge in [0.15, 0.2) is 0 Å². The molecule has 1 aliphatic heterocycles. The van der Waals surface area contributed by atoms with Gasteiger partial charge in [0.05, 0.1) is 6.61 Å². The number of ether oxygens (including phenoxy) is 1. The van der Waals surface area contributed by atoms with Crippen LogP contribution in [0.4, 0.5) is 0 Å². The largest absolute Gasteiger partial charge is 0.381 e. The molecule has 1 aromatic heterocycles. The third-order valence-electron chi connectivity index (χ3n) is 3.24. The zero-order valence-corrected chi connectivity index (χ0v) is 9.10. The highest BCUT2D eigenvalue weighted by Gasteiger charge is 2.28. The molecule has 3 heteroatoms. The second-order valence-corrected chi connectivity index (χ2v) is 4.24. The van der Waals surface area contributed by atoms with Crippen molar-refractivity contribution in [2.45, 2.75) is 25.3 Å². The second-order valence-electron chi connectivity index (χ2n) is 4.24. The number of rotatable bonds is 3. The van der Waals surface area contributed by atoms with Gasteiger partial charge in [-0.1, -0.05) is 13.0 Å². The van der Waals surface area contributed by atoms with Crippen molar-refractivity contribution in [3.05, 3.63) is 30.1 Å². The molecule has 0 radical (unpaired) electrons. The first-order valence-corrected chi connectivity index (χ1v) is 5.53. The van der Waals surface area contributed by atoms with Crippen LogP contribution in [0, 0.1) is 5.92 Å². The topological polar surface area (TPSA) is 48.1 Å². The highest BCUT2D eigenvalue weighted by Crippen LogP contribution is 2.25. The average Bonchev–Trinajstić information content (AvgIpc) is 2.82. The van der Waals surface area contributed by atoms with Crippen LogP contribution in [0.5, 0.6) is 0 Å². The Morgan fingerprint density at radius 3 is 3.00 bits per heavy atom. The molecule has 82 valence electrons. The number of hydrogen-bond acceptors (Lipinski definition) is 3. The molecule has 2 heterocycles. The molecular formula is C12H18N2O. The van der Waals surface area contributed by atoms with E-state index >= 15 is 0 Å². The third kappa shape index (κ3) is 2.36. The molecule has 3 atom stereocenters. The summed E-state index contributed by atoms with van der Waals surface area (Å²) in [5.74, 6) is 0.792. The van der Waals surface area contributed by atoms with Crippen LogP contribution in [0.25, 0.3) is 0 Å². The van der Waals surface area contributed by atoms with Crippen LogP contribution in [0.2, 0.25) is 0 Å². The minimum absolute atomic E-state index is 0.155. The van der Waals surface area contributed by atoms with Crippen molar-refractivity contribution < 1.29 is 4.74 Å². The standard InChI is InChI=1S/C12H18N2O/c1-9(11-4-2-3-6-14-11)12(13)10-5-7-15-8-10/h2-4,6,9-10,12H,5,7-8,13H2,1H3. The normalized spacial score (nSPS) is 25.1. The van der Waals surface area contributed by atoms with E-state index in [2.05, 4.69) is 11.9 Å². The van der Waals surface area contributed by atoms with Crippen molar-refractivity contribution in [2.75, 3.05) is 13.2 Å². The highest BCUT2D eigenvalue weighted by molar-refractivity contribution is 5.11. The SMILES string of the molecule is CC(c1ccccn1)C(N)C1CCOC1. The number of pyridine rings is 1. The van der Waals surface area contributed by atoms with Crippen molar-refractivity contribution in [1.82, 2.24) is 4.98 Å². The van der Waals surface area contributed by atoms with Crippen molar-refractivity contribution in [1.29, 1.82) is 0 Å². The summed E-state index contributed by atoms with van der Waals surface area (Å²) >= 11 is 0. The Morgan fingerprint density at radius 2 is 2.40 bits per heavy atom. The summed E-state index contributed by atoms with van der Waals surface area (Å²) in [6, 6.07) is 6.14. The maximum absolute atomic E-state index is 6.23. The Balaban J connectivity index is 2.03. The minimum Gasteiger partial charge on any atom is -0.381 e. The van der Waals surface area contributed by atoms with Crippen molar-refractivity contribution in [3.8, 4) is 0 Å². The lowest BCUT2D eigenvalue weighted by molar-refractivity contribution is 0.178. The Kier molecular flexibility index (Phi) is 3.34. The van der Waals surface area contributed by atoms with Gasteiger partial charge in [0.2, 0.25) is 0 Å². The summed E-state index contributed by atoms with van der Waals surface area (Å²) in [5, 5.41) is 0. The average molecular weight is 206 g/mol. The van der Waals surface area contributed by atoms with Crippen LogP contribution in [0.1, 0.15) is 25.0 Å². The number of hydrogen-bond donors (Lipinski definition) is 1. The zero-order valence-electron chi connectivity index (χ0n) is 9.10. The Morgan fingerprint density at radius 1 is 1.53 bits per heavy atom. The molecule has 2 rings (SSSR count). The quantitative estimate of drug-likeness (QED) is 0.816. The molecule has 1 aromatic rings. The van der Waals surface area contributed by atoms with Crippen LogP contribution in [-0.2, 0) is 4.74 Å². The molecular weight excluding hydrogens is 188 g/mol. The van der Waals surface area contributed by atoms with E-state index in [9.17, 15) is 0 Å². The molecule has 1 aliphatic rings. The minimum atomic E-state index is 0.155. The molecule has 15 heavy (non-hydrogen) atoms. The van der Waals surface area contributed by atoms with E-state index in [-0.39, 0.29) is 6.04 Å². The first-order chi connectivity index (χ1) is 7.29. The fraction of sp³-hybridized carbons (Fsp3) is 0.583. The van der Waals surface area contributed by atoms with Crippen LogP contribution in [-0.4, -0.2) is 24.2 Å². The molecule has 0 bridgehead atoms. The Hall–Kier alpha value is -0.930. The van der Waals surface area contributed by atoms with Gasteiger partial charge in [0, 0.05) is 36.4 Å². The van der Waals surface area contributed by atoms with Crippen molar-refractivity contribution in [2.24, 2.45) is 11.7 Å². The van der Waals surface area contributed by atoms with Gasteiger partial charge in [0.25, 0.3) is 0 Å². The summed E-state index contributed by atoms with van der Waals surface area (Å²) in [6.45, 7) is 3.80. The fourth-order valence-electron chi connectivity index (χ4n) is 2.11. The van der Waals surface area contributed by atoms with Crippen molar-refractivity contribution >= 4 is 0 Å². The van der Waals surface area contributed by atoms with E-state index < -0.39 is 0 Å². The molecule has 1 saturated heterocycles. The van der Waals surface area contributed by atoms with Gasteiger partial charge in [-0.2, -0.15) is 0 Å². The molecule has 0 amide bonds. The van der Waals surface area contributed by atoms with Gasteiger partial charge in [-0.3, -0.25) is 4.98 Å². The van der Waals surface area contributed by atoms with E-state index in [0.29, 0.717) is 11.8 Å². The molecule has 0 saturated carbocycles. The Labute approximate surface area is 90.7 Å². The van der Waals surface area contributed by atoms with Gasteiger partial charge in [0.1, 0.15) is 0 Å². The predicted octanol–water partition coefficient (Wildman–Crippen LogP) is 1.55. The van der Waals surface area contributed by atoms with Crippen LogP contribution >= 0.6 is 0 Å². The third-order valence-corrected chi connectivity index (χ3v) is 3.24. The summed E-state index contributed by atoms with van der Waals surface area (Å²) in [5.41, 5.74) is 7.31. The highest BCUT2D eigenvalue weighted by atomic mass is 16.5. The second kappa shape index (κ2) is 4.73. The van der Waals surface area contributed by atoms with Crippen LogP contribution < -0.4 is 5.73 Å². The number of aromatic nitrogens is 1. The lowest BCUT2D eigenvalue weighted by atomic mass is 9.87. The van der Waals surface area contributed by atoms with Crippen molar-refractivity contribution in [3.63, 3.8) is 0 Å². The molecule has 1 fully saturated rings. The van der Waals surface area contributed by atoms with E-state index in [0.717, 1.165) is 25.3 Å². The summed E-state index contributed by atoms with van der Waals surface area (Å²) in [6.07, 6.45) is 2.90.